The van der Waals surface area contributed by atoms with Crippen molar-refractivity contribution < 1.29 is 14.3 Å². The van der Waals surface area contributed by atoms with E-state index in [0.717, 1.165) is 12.1 Å². The molecule has 1 atom stereocenters. The molecule has 0 bridgehead atoms. The number of esters is 1. The first kappa shape index (κ1) is 17.7. The van der Waals surface area contributed by atoms with Gasteiger partial charge < -0.3 is 14.4 Å². The van der Waals surface area contributed by atoms with E-state index in [1.165, 1.54) is 0 Å². The molecule has 1 unspecified atom stereocenters. The van der Waals surface area contributed by atoms with Crippen molar-refractivity contribution in [3.63, 3.8) is 0 Å². The number of carbonyl (C=O) groups excluding carboxylic acids is 1. The van der Waals surface area contributed by atoms with E-state index < -0.39 is 0 Å². The third kappa shape index (κ3) is 6.27. The Hall–Kier alpha value is -1.39. The molecule has 4 heteroatoms. The number of carbonyl (C=O) groups is 1. The predicted molar refractivity (Wildman–Crippen MR) is 84.4 cm³/mol. The SMILES string of the molecule is COCC(C(=O)OCC(C)(C)CN(C)C)c1ccccc1. The summed E-state index contributed by atoms with van der Waals surface area (Å²) in [5.74, 6) is -0.596. The highest BCUT2D eigenvalue weighted by atomic mass is 16.5. The van der Waals surface area contributed by atoms with Crippen molar-refractivity contribution in [1.29, 1.82) is 0 Å². The van der Waals surface area contributed by atoms with Gasteiger partial charge in [-0.25, -0.2) is 0 Å². The molecule has 0 radical (unpaired) electrons. The standard InChI is InChI=1S/C17H27NO3/c1-17(2,12-18(3)4)13-21-16(19)15(11-20-5)14-9-7-6-8-10-14/h6-10,15H,11-13H2,1-5H3. The van der Waals surface area contributed by atoms with Gasteiger partial charge in [0.2, 0.25) is 0 Å². The van der Waals surface area contributed by atoms with Crippen molar-refractivity contribution in [2.45, 2.75) is 19.8 Å². The normalized spacial score (nSPS) is 13.2. The molecule has 0 aromatic heterocycles. The summed E-state index contributed by atoms with van der Waals surface area (Å²) >= 11 is 0. The van der Waals surface area contributed by atoms with Crippen LogP contribution in [0.2, 0.25) is 0 Å². The number of rotatable bonds is 8. The summed E-state index contributed by atoms with van der Waals surface area (Å²) in [5, 5.41) is 0. The Labute approximate surface area is 128 Å². The highest BCUT2D eigenvalue weighted by molar-refractivity contribution is 5.78. The zero-order chi connectivity index (χ0) is 15.9. The van der Waals surface area contributed by atoms with Crippen molar-refractivity contribution in [3.8, 4) is 0 Å². The molecule has 0 saturated carbocycles. The van der Waals surface area contributed by atoms with E-state index in [2.05, 4.69) is 18.7 Å². The maximum absolute atomic E-state index is 12.4. The monoisotopic (exact) mass is 293 g/mol. The van der Waals surface area contributed by atoms with Gasteiger partial charge in [0.25, 0.3) is 0 Å². The molecular formula is C17H27NO3. The van der Waals surface area contributed by atoms with Crippen LogP contribution in [0, 0.1) is 5.41 Å². The van der Waals surface area contributed by atoms with Crippen molar-refractivity contribution >= 4 is 5.97 Å². The summed E-state index contributed by atoms with van der Waals surface area (Å²) in [6.07, 6.45) is 0. The number of methoxy groups -OCH3 is 1. The first-order valence-corrected chi connectivity index (χ1v) is 7.21. The van der Waals surface area contributed by atoms with Crippen LogP contribution in [0.3, 0.4) is 0 Å². The summed E-state index contributed by atoms with van der Waals surface area (Å²) in [4.78, 5) is 14.4. The van der Waals surface area contributed by atoms with Gasteiger partial charge in [0.05, 0.1) is 13.2 Å². The van der Waals surface area contributed by atoms with Gasteiger partial charge in [-0.3, -0.25) is 4.79 Å². The fraction of sp³-hybridized carbons (Fsp3) is 0.588. The van der Waals surface area contributed by atoms with Crippen LogP contribution in [-0.4, -0.2) is 51.8 Å². The quantitative estimate of drug-likeness (QED) is 0.691. The number of hydrogen-bond acceptors (Lipinski definition) is 4. The molecule has 0 heterocycles. The van der Waals surface area contributed by atoms with Crippen LogP contribution < -0.4 is 0 Å². The third-order valence-corrected chi connectivity index (χ3v) is 3.17. The molecule has 118 valence electrons. The van der Waals surface area contributed by atoms with Gasteiger partial charge in [0.15, 0.2) is 0 Å². The number of nitrogens with zero attached hydrogens (tertiary/aromatic N) is 1. The fourth-order valence-corrected chi connectivity index (χ4v) is 2.42. The van der Waals surface area contributed by atoms with Gasteiger partial charge >= 0.3 is 5.97 Å². The predicted octanol–water partition coefficient (Wildman–Crippen LogP) is 2.55. The van der Waals surface area contributed by atoms with Gasteiger partial charge in [-0.1, -0.05) is 44.2 Å². The molecular weight excluding hydrogens is 266 g/mol. The lowest BCUT2D eigenvalue weighted by Crippen LogP contribution is -2.34. The third-order valence-electron chi connectivity index (χ3n) is 3.17. The fourth-order valence-electron chi connectivity index (χ4n) is 2.42. The topological polar surface area (TPSA) is 38.8 Å². The average Bonchev–Trinajstić information content (AvgIpc) is 2.42. The van der Waals surface area contributed by atoms with Gasteiger partial charge in [0.1, 0.15) is 5.92 Å². The Kier molecular flexibility index (Phi) is 6.85. The molecule has 0 amide bonds. The smallest absolute Gasteiger partial charge is 0.315 e. The van der Waals surface area contributed by atoms with E-state index in [1.807, 2.05) is 44.4 Å². The minimum atomic E-state index is -0.369. The molecule has 0 aliphatic heterocycles. The summed E-state index contributed by atoms with van der Waals surface area (Å²) in [6, 6.07) is 9.62. The van der Waals surface area contributed by atoms with Gasteiger partial charge in [-0.05, 0) is 19.7 Å². The minimum Gasteiger partial charge on any atom is -0.465 e. The summed E-state index contributed by atoms with van der Waals surface area (Å²) in [5.41, 5.74) is 0.850. The van der Waals surface area contributed by atoms with Crippen LogP contribution in [0.5, 0.6) is 0 Å². The van der Waals surface area contributed by atoms with Crippen molar-refractivity contribution in [3.05, 3.63) is 35.9 Å². The zero-order valence-corrected chi connectivity index (χ0v) is 13.8. The first-order chi connectivity index (χ1) is 9.85. The lowest BCUT2D eigenvalue weighted by Gasteiger charge is -2.28. The Morgan fingerprint density at radius 3 is 2.38 bits per heavy atom. The van der Waals surface area contributed by atoms with Crippen LogP contribution >= 0.6 is 0 Å². The van der Waals surface area contributed by atoms with E-state index in [9.17, 15) is 4.79 Å². The van der Waals surface area contributed by atoms with Crippen molar-refractivity contribution in [1.82, 2.24) is 4.90 Å². The maximum atomic E-state index is 12.4. The van der Waals surface area contributed by atoms with E-state index in [-0.39, 0.29) is 17.3 Å². The number of hydrogen-bond donors (Lipinski definition) is 0. The highest BCUT2D eigenvalue weighted by Gasteiger charge is 2.26. The molecule has 4 nitrogen and oxygen atoms in total. The Bertz CT molecular complexity index is 429. The van der Waals surface area contributed by atoms with Crippen LogP contribution in [-0.2, 0) is 14.3 Å². The Balaban J connectivity index is 2.66. The molecule has 0 aliphatic carbocycles. The van der Waals surface area contributed by atoms with Crippen molar-refractivity contribution in [2.75, 3.05) is 41.0 Å². The molecule has 0 saturated heterocycles. The lowest BCUT2D eigenvalue weighted by atomic mass is 9.94. The molecule has 0 aliphatic rings. The lowest BCUT2D eigenvalue weighted by molar-refractivity contribution is -0.150. The van der Waals surface area contributed by atoms with E-state index in [1.54, 1.807) is 7.11 Å². The van der Waals surface area contributed by atoms with Crippen molar-refractivity contribution in [2.24, 2.45) is 5.41 Å². The van der Waals surface area contributed by atoms with Gasteiger partial charge in [-0.2, -0.15) is 0 Å². The van der Waals surface area contributed by atoms with Crippen LogP contribution in [0.15, 0.2) is 30.3 Å². The zero-order valence-electron chi connectivity index (χ0n) is 13.8. The second-order valence-corrected chi connectivity index (χ2v) is 6.43. The molecule has 1 rings (SSSR count). The minimum absolute atomic E-state index is 0.0759. The Morgan fingerprint density at radius 2 is 1.86 bits per heavy atom. The number of ether oxygens (including phenoxy) is 2. The van der Waals surface area contributed by atoms with Crippen LogP contribution in [0.4, 0.5) is 0 Å². The largest absolute Gasteiger partial charge is 0.465 e. The number of benzene rings is 1. The molecule has 21 heavy (non-hydrogen) atoms. The van der Waals surface area contributed by atoms with Crippen LogP contribution in [0.1, 0.15) is 25.3 Å². The van der Waals surface area contributed by atoms with Crippen LogP contribution in [0.25, 0.3) is 0 Å². The summed E-state index contributed by atoms with van der Waals surface area (Å²) < 4.78 is 10.7. The molecule has 0 fully saturated rings. The highest BCUT2D eigenvalue weighted by Crippen LogP contribution is 2.21. The molecule has 1 aromatic carbocycles. The first-order valence-electron chi connectivity index (χ1n) is 7.21. The second kappa shape index (κ2) is 8.15. The van der Waals surface area contributed by atoms with E-state index in [4.69, 9.17) is 9.47 Å². The maximum Gasteiger partial charge on any atom is 0.315 e. The van der Waals surface area contributed by atoms with Gasteiger partial charge in [-0.15, -0.1) is 0 Å². The molecule has 0 spiro atoms. The Morgan fingerprint density at radius 1 is 1.24 bits per heavy atom. The second-order valence-electron chi connectivity index (χ2n) is 6.43. The molecule has 1 aromatic rings. The van der Waals surface area contributed by atoms with E-state index >= 15 is 0 Å². The molecule has 0 N–H and O–H groups in total. The summed E-state index contributed by atoms with van der Waals surface area (Å²) in [6.45, 7) is 5.77. The average molecular weight is 293 g/mol. The summed E-state index contributed by atoms with van der Waals surface area (Å²) in [7, 11) is 5.63. The van der Waals surface area contributed by atoms with Gasteiger partial charge in [0, 0.05) is 19.1 Å². The van der Waals surface area contributed by atoms with E-state index in [0.29, 0.717) is 13.2 Å².